The molecule has 1 aromatic carbocycles. The van der Waals surface area contributed by atoms with Gasteiger partial charge in [-0.1, -0.05) is 56.3 Å². The molecule has 1 N–H and O–H groups in total. The first-order valence-electron chi connectivity index (χ1n) is 11.2. The fourth-order valence-corrected chi connectivity index (χ4v) is 8.06. The van der Waals surface area contributed by atoms with E-state index in [2.05, 4.69) is 50.8 Å². The van der Waals surface area contributed by atoms with Crippen LogP contribution in [0.15, 0.2) is 42.5 Å². The molecule has 5 rings (SSSR count). The molecule has 2 nitrogen and oxygen atoms in total. The van der Waals surface area contributed by atoms with Crippen molar-refractivity contribution in [1.82, 2.24) is 0 Å². The predicted octanol–water partition coefficient (Wildman–Crippen LogP) is 6.18. The Kier molecular flexibility index (Phi) is 4.03. The lowest BCUT2D eigenvalue weighted by atomic mass is 9.42. The van der Waals surface area contributed by atoms with Crippen LogP contribution in [0.25, 0.3) is 0 Å². The summed E-state index contributed by atoms with van der Waals surface area (Å²) in [5.74, 6) is 2.91. The number of carbonyl (C=O) groups is 1. The Morgan fingerprint density at radius 3 is 2.54 bits per heavy atom. The number of hydrogen-bond acceptors (Lipinski definition) is 2. The smallest absolute Gasteiger partial charge is 0.139 e. The van der Waals surface area contributed by atoms with E-state index >= 15 is 0 Å². The van der Waals surface area contributed by atoms with Crippen LogP contribution in [0, 0.1) is 39.9 Å². The van der Waals surface area contributed by atoms with Gasteiger partial charge in [0.1, 0.15) is 5.78 Å². The molecular formula is C26H33NO. The number of Topliss-reactive ketones (excluding diaryl/α,β-unsaturated/α-hetero) is 1. The minimum Gasteiger partial charge on any atom is -0.309 e. The van der Waals surface area contributed by atoms with Gasteiger partial charge in [-0.25, -0.2) is 0 Å². The van der Waals surface area contributed by atoms with E-state index in [-0.39, 0.29) is 16.7 Å². The SMILES string of the molecule is C=C1CC2C(CC[C@]3(C)C(=O)CCC23)[C@@]2(C)CCC(=N)C(c3ccccc3)C12. The molecule has 4 aliphatic carbocycles. The lowest BCUT2D eigenvalue weighted by Gasteiger charge is -2.61. The Balaban J connectivity index is 1.55. The minimum atomic E-state index is -0.0785. The van der Waals surface area contributed by atoms with Gasteiger partial charge in [-0.2, -0.15) is 0 Å². The summed E-state index contributed by atoms with van der Waals surface area (Å²) in [4.78, 5) is 12.7. The van der Waals surface area contributed by atoms with Crippen molar-refractivity contribution >= 4 is 11.5 Å². The van der Waals surface area contributed by atoms with E-state index in [1.54, 1.807) is 0 Å². The van der Waals surface area contributed by atoms with E-state index in [0.29, 0.717) is 29.5 Å². The van der Waals surface area contributed by atoms with Crippen molar-refractivity contribution < 1.29 is 4.79 Å². The van der Waals surface area contributed by atoms with Crippen LogP contribution in [0.3, 0.4) is 0 Å². The molecule has 4 saturated carbocycles. The first-order chi connectivity index (χ1) is 13.4. The highest BCUT2D eigenvalue weighted by molar-refractivity contribution is 5.90. The third kappa shape index (κ3) is 2.33. The highest BCUT2D eigenvalue weighted by Crippen LogP contribution is 2.67. The number of nitrogens with one attached hydrogen (secondary N) is 1. The molecule has 1 aromatic rings. The highest BCUT2D eigenvalue weighted by Gasteiger charge is 2.62. The number of rotatable bonds is 1. The summed E-state index contributed by atoms with van der Waals surface area (Å²) in [5.41, 5.74) is 3.67. The molecule has 148 valence electrons. The fraction of sp³-hybridized carbons (Fsp3) is 0.615. The number of hydrogen-bond donors (Lipinski definition) is 1. The first-order valence-corrected chi connectivity index (χ1v) is 11.2. The number of ketones is 1. The quantitative estimate of drug-likeness (QED) is 0.585. The number of fused-ring (bicyclic) bond motifs is 5. The van der Waals surface area contributed by atoms with Crippen LogP contribution in [-0.4, -0.2) is 11.5 Å². The van der Waals surface area contributed by atoms with Gasteiger partial charge in [-0.15, -0.1) is 0 Å². The average Bonchev–Trinajstić information content (AvgIpc) is 2.99. The zero-order valence-electron chi connectivity index (χ0n) is 17.3. The summed E-state index contributed by atoms with van der Waals surface area (Å²) in [6.07, 6.45) is 7.20. The summed E-state index contributed by atoms with van der Waals surface area (Å²) in [5, 5.41) is 8.80. The van der Waals surface area contributed by atoms with Gasteiger partial charge >= 0.3 is 0 Å². The van der Waals surface area contributed by atoms with Crippen LogP contribution in [-0.2, 0) is 4.79 Å². The Bertz CT molecular complexity index is 841. The normalized spacial score (nSPS) is 45.4. The Hall–Kier alpha value is -1.70. The third-order valence-corrected chi connectivity index (χ3v) is 9.44. The largest absolute Gasteiger partial charge is 0.309 e. The molecule has 0 aliphatic heterocycles. The molecule has 0 amide bonds. The predicted molar refractivity (Wildman–Crippen MR) is 114 cm³/mol. The number of allylic oxidation sites excluding steroid dienone is 1. The summed E-state index contributed by atoms with van der Waals surface area (Å²) in [6, 6.07) is 10.7. The van der Waals surface area contributed by atoms with Gasteiger partial charge in [0.25, 0.3) is 0 Å². The zero-order valence-corrected chi connectivity index (χ0v) is 17.3. The lowest BCUT2D eigenvalue weighted by Crippen LogP contribution is -2.56. The summed E-state index contributed by atoms with van der Waals surface area (Å²) < 4.78 is 0. The van der Waals surface area contributed by atoms with Crippen molar-refractivity contribution in [2.24, 2.45) is 34.5 Å². The molecule has 0 saturated heterocycles. The van der Waals surface area contributed by atoms with Gasteiger partial charge < -0.3 is 5.41 Å². The summed E-state index contributed by atoms with van der Waals surface area (Å²) >= 11 is 0. The van der Waals surface area contributed by atoms with Gasteiger partial charge in [0.15, 0.2) is 0 Å². The van der Waals surface area contributed by atoms with Gasteiger partial charge in [0.05, 0.1) is 0 Å². The van der Waals surface area contributed by atoms with E-state index in [4.69, 9.17) is 5.41 Å². The molecule has 0 spiro atoms. The molecule has 4 aliphatic rings. The number of carbonyl (C=O) groups excluding carboxylic acids is 1. The Morgan fingerprint density at radius 2 is 1.79 bits per heavy atom. The lowest BCUT2D eigenvalue weighted by molar-refractivity contribution is -0.134. The van der Waals surface area contributed by atoms with Crippen LogP contribution in [0.1, 0.15) is 70.3 Å². The molecule has 5 unspecified atom stereocenters. The monoisotopic (exact) mass is 375 g/mol. The van der Waals surface area contributed by atoms with Crippen LogP contribution in [0.2, 0.25) is 0 Å². The zero-order chi connectivity index (χ0) is 19.7. The molecule has 2 heteroatoms. The third-order valence-electron chi connectivity index (χ3n) is 9.44. The van der Waals surface area contributed by atoms with Crippen molar-refractivity contribution in [2.45, 2.75) is 64.7 Å². The fourth-order valence-electron chi connectivity index (χ4n) is 8.06. The van der Waals surface area contributed by atoms with E-state index in [1.807, 2.05) is 0 Å². The van der Waals surface area contributed by atoms with Crippen LogP contribution >= 0.6 is 0 Å². The standard InChI is InChI=1S/C26H33NO/c1-16-15-18-19-9-10-22(28)25(19,2)13-11-20(18)26(3)14-12-21(27)23(24(16)26)17-7-5-4-6-8-17/h4-8,18-20,23-24,27H,1,9-15H2,2-3H3/t18?,19?,20?,23?,24?,25-,26+/m0/s1. The van der Waals surface area contributed by atoms with Crippen molar-refractivity contribution in [3.05, 3.63) is 48.0 Å². The van der Waals surface area contributed by atoms with E-state index in [1.165, 1.54) is 17.6 Å². The summed E-state index contributed by atoms with van der Waals surface area (Å²) in [6.45, 7) is 9.37. The Labute approximate surface area is 169 Å². The maximum absolute atomic E-state index is 12.7. The molecule has 0 aromatic heterocycles. The maximum Gasteiger partial charge on any atom is 0.139 e. The average molecular weight is 376 g/mol. The summed E-state index contributed by atoms with van der Waals surface area (Å²) in [7, 11) is 0. The second-order valence-corrected chi connectivity index (χ2v) is 10.6. The van der Waals surface area contributed by atoms with Crippen molar-refractivity contribution in [3.63, 3.8) is 0 Å². The second kappa shape index (κ2) is 6.15. The molecule has 0 radical (unpaired) electrons. The molecule has 4 fully saturated rings. The highest BCUT2D eigenvalue weighted by atomic mass is 16.1. The topological polar surface area (TPSA) is 40.9 Å². The van der Waals surface area contributed by atoms with Crippen LogP contribution in [0.5, 0.6) is 0 Å². The maximum atomic E-state index is 12.7. The van der Waals surface area contributed by atoms with E-state index in [0.717, 1.165) is 44.2 Å². The number of benzene rings is 1. The minimum absolute atomic E-state index is 0.0785. The van der Waals surface area contributed by atoms with Crippen molar-refractivity contribution in [2.75, 3.05) is 0 Å². The van der Waals surface area contributed by atoms with Crippen molar-refractivity contribution in [3.8, 4) is 0 Å². The van der Waals surface area contributed by atoms with Gasteiger partial charge in [0.2, 0.25) is 0 Å². The van der Waals surface area contributed by atoms with Crippen LogP contribution in [0.4, 0.5) is 0 Å². The molecule has 28 heavy (non-hydrogen) atoms. The molecule has 0 heterocycles. The van der Waals surface area contributed by atoms with E-state index < -0.39 is 0 Å². The second-order valence-electron chi connectivity index (χ2n) is 10.6. The molecular weight excluding hydrogens is 342 g/mol. The van der Waals surface area contributed by atoms with Gasteiger partial charge in [0, 0.05) is 23.5 Å². The van der Waals surface area contributed by atoms with Crippen LogP contribution < -0.4 is 0 Å². The molecule has 7 atom stereocenters. The van der Waals surface area contributed by atoms with E-state index in [9.17, 15) is 4.79 Å². The molecule has 0 bridgehead atoms. The van der Waals surface area contributed by atoms with Crippen molar-refractivity contribution in [1.29, 1.82) is 5.41 Å². The Morgan fingerprint density at radius 1 is 1.04 bits per heavy atom. The van der Waals surface area contributed by atoms with Gasteiger partial charge in [-0.3, -0.25) is 4.79 Å². The first kappa shape index (κ1) is 18.3. The van der Waals surface area contributed by atoms with Gasteiger partial charge in [-0.05, 0) is 73.2 Å².